The summed E-state index contributed by atoms with van der Waals surface area (Å²) in [6.07, 6.45) is 2.26. The lowest BCUT2D eigenvalue weighted by atomic mass is 10.2. The van der Waals surface area contributed by atoms with Gasteiger partial charge in [0.15, 0.2) is 11.2 Å². The average molecular weight is 413 g/mol. The quantitative estimate of drug-likeness (QED) is 0.583. The zero-order valence-electron chi connectivity index (χ0n) is 14.4. The third-order valence-electron chi connectivity index (χ3n) is 4.12. The molecule has 0 aliphatic rings. The van der Waals surface area contributed by atoms with E-state index in [0.29, 0.717) is 34.2 Å². The first-order valence-corrected chi connectivity index (χ1v) is 9.93. The van der Waals surface area contributed by atoms with E-state index >= 15 is 0 Å². The van der Waals surface area contributed by atoms with Gasteiger partial charge in [-0.15, -0.1) is 0 Å². The molecule has 2 aromatic heterocycles. The summed E-state index contributed by atoms with van der Waals surface area (Å²) in [6, 6.07) is 5.58. The summed E-state index contributed by atoms with van der Waals surface area (Å²) in [4.78, 5) is 29.1. The third kappa shape index (κ3) is 3.70. The molecule has 0 saturated carbocycles. The van der Waals surface area contributed by atoms with Gasteiger partial charge in [0.2, 0.25) is 0 Å². The molecular formula is C17H18Cl2N4O2S. The van der Waals surface area contributed by atoms with Gasteiger partial charge in [0.25, 0.3) is 5.56 Å². The zero-order chi connectivity index (χ0) is 18.8. The number of fused-ring (bicyclic) bond motifs is 1. The van der Waals surface area contributed by atoms with E-state index in [0.717, 1.165) is 17.1 Å². The van der Waals surface area contributed by atoms with Gasteiger partial charge in [-0.3, -0.25) is 13.9 Å². The Morgan fingerprint density at radius 2 is 1.92 bits per heavy atom. The highest BCUT2D eigenvalue weighted by Gasteiger charge is 2.14. The fraction of sp³-hybridized carbons (Fsp3) is 0.353. The lowest BCUT2D eigenvalue weighted by Crippen LogP contribution is -2.39. The largest absolute Gasteiger partial charge is 0.332 e. The van der Waals surface area contributed by atoms with E-state index in [-0.39, 0.29) is 11.2 Å². The number of rotatable bonds is 6. The molecule has 1 aromatic carbocycles. The van der Waals surface area contributed by atoms with Gasteiger partial charge in [-0.25, -0.2) is 9.78 Å². The predicted molar refractivity (Wildman–Crippen MR) is 107 cm³/mol. The van der Waals surface area contributed by atoms with E-state index in [1.807, 2.05) is 12.1 Å². The Morgan fingerprint density at radius 3 is 2.65 bits per heavy atom. The molecular weight excluding hydrogens is 395 g/mol. The minimum atomic E-state index is -0.337. The molecule has 0 fully saturated rings. The Hall–Kier alpha value is -1.70. The van der Waals surface area contributed by atoms with Crippen molar-refractivity contribution in [3.63, 3.8) is 0 Å². The van der Waals surface area contributed by atoms with Gasteiger partial charge in [0.05, 0.1) is 16.4 Å². The summed E-state index contributed by atoms with van der Waals surface area (Å²) in [6.45, 7) is 0.376. The Balaban J connectivity index is 1.65. The molecule has 3 rings (SSSR count). The highest BCUT2D eigenvalue weighted by molar-refractivity contribution is 7.98. The SMILES string of the molecule is Cn1cnc2c1c(=O)n(CCCSCc1ccc(Cl)c(Cl)c1)c(=O)n2C. The number of nitrogens with zero attached hydrogens (tertiary/aromatic N) is 4. The van der Waals surface area contributed by atoms with Gasteiger partial charge in [-0.2, -0.15) is 11.8 Å². The first kappa shape index (κ1) is 19.1. The van der Waals surface area contributed by atoms with E-state index in [2.05, 4.69) is 4.98 Å². The van der Waals surface area contributed by atoms with Crippen molar-refractivity contribution in [2.24, 2.45) is 14.1 Å². The minimum Gasteiger partial charge on any atom is -0.328 e. The molecule has 0 unspecified atom stereocenters. The van der Waals surface area contributed by atoms with E-state index in [9.17, 15) is 9.59 Å². The van der Waals surface area contributed by atoms with Crippen LogP contribution in [0.15, 0.2) is 34.1 Å². The van der Waals surface area contributed by atoms with Crippen LogP contribution in [0.2, 0.25) is 10.0 Å². The van der Waals surface area contributed by atoms with Crippen LogP contribution in [0.5, 0.6) is 0 Å². The molecule has 0 N–H and O–H groups in total. The molecule has 0 saturated heterocycles. The maximum atomic E-state index is 12.6. The standard InChI is InChI=1S/C17H18Cl2N4O2S/c1-21-10-20-15-14(21)16(24)23(17(25)22(15)2)6-3-7-26-9-11-4-5-12(18)13(19)8-11/h4-5,8,10H,3,6-7,9H2,1-2H3. The summed E-state index contributed by atoms with van der Waals surface area (Å²) < 4.78 is 4.34. The van der Waals surface area contributed by atoms with Crippen LogP contribution in [0.1, 0.15) is 12.0 Å². The molecule has 0 amide bonds. The molecule has 9 heteroatoms. The lowest BCUT2D eigenvalue weighted by molar-refractivity contribution is 0.594. The second-order valence-corrected chi connectivity index (χ2v) is 7.90. The molecule has 0 aliphatic heterocycles. The molecule has 0 radical (unpaired) electrons. The fourth-order valence-electron chi connectivity index (χ4n) is 2.74. The lowest BCUT2D eigenvalue weighted by Gasteiger charge is -2.09. The summed E-state index contributed by atoms with van der Waals surface area (Å²) in [5, 5.41) is 1.09. The van der Waals surface area contributed by atoms with E-state index in [1.54, 1.807) is 42.8 Å². The maximum absolute atomic E-state index is 12.6. The number of aromatic nitrogens is 4. The van der Waals surface area contributed by atoms with Crippen LogP contribution in [0.25, 0.3) is 11.2 Å². The Bertz CT molecular complexity index is 1070. The van der Waals surface area contributed by atoms with Crippen molar-refractivity contribution in [1.29, 1.82) is 0 Å². The average Bonchev–Trinajstić information content (AvgIpc) is 3.00. The summed E-state index contributed by atoms with van der Waals surface area (Å²) in [5.41, 5.74) is 1.31. The first-order chi connectivity index (χ1) is 12.4. The summed E-state index contributed by atoms with van der Waals surface area (Å²) in [5.74, 6) is 1.61. The monoisotopic (exact) mass is 412 g/mol. The normalized spacial score (nSPS) is 11.4. The van der Waals surface area contributed by atoms with Gasteiger partial charge < -0.3 is 4.57 Å². The smallest absolute Gasteiger partial charge is 0.328 e. The zero-order valence-corrected chi connectivity index (χ0v) is 16.7. The summed E-state index contributed by atoms with van der Waals surface area (Å²) >= 11 is 13.6. The molecule has 2 heterocycles. The number of hydrogen-bond acceptors (Lipinski definition) is 4. The summed E-state index contributed by atoms with van der Waals surface area (Å²) in [7, 11) is 3.38. The van der Waals surface area contributed by atoms with Crippen LogP contribution in [0.3, 0.4) is 0 Å². The number of hydrogen-bond donors (Lipinski definition) is 0. The molecule has 0 spiro atoms. The van der Waals surface area contributed by atoms with Crippen LogP contribution in [-0.2, 0) is 26.4 Å². The second-order valence-electron chi connectivity index (χ2n) is 5.98. The fourth-order valence-corrected chi connectivity index (χ4v) is 3.95. The van der Waals surface area contributed by atoms with Crippen molar-refractivity contribution in [3.8, 4) is 0 Å². The van der Waals surface area contributed by atoms with Crippen LogP contribution in [0.4, 0.5) is 0 Å². The molecule has 0 aliphatic carbocycles. The number of aryl methyl sites for hydroxylation is 2. The highest BCUT2D eigenvalue weighted by atomic mass is 35.5. The van der Waals surface area contributed by atoms with Gasteiger partial charge in [-0.1, -0.05) is 29.3 Å². The highest BCUT2D eigenvalue weighted by Crippen LogP contribution is 2.24. The molecule has 6 nitrogen and oxygen atoms in total. The number of benzene rings is 1. The van der Waals surface area contributed by atoms with Crippen molar-refractivity contribution in [2.45, 2.75) is 18.7 Å². The van der Waals surface area contributed by atoms with Crippen LogP contribution in [-0.4, -0.2) is 24.4 Å². The van der Waals surface area contributed by atoms with E-state index in [1.165, 1.54) is 9.13 Å². The van der Waals surface area contributed by atoms with Crippen molar-refractivity contribution in [2.75, 3.05) is 5.75 Å². The van der Waals surface area contributed by atoms with E-state index in [4.69, 9.17) is 23.2 Å². The number of imidazole rings is 1. The molecule has 0 bridgehead atoms. The molecule has 26 heavy (non-hydrogen) atoms. The van der Waals surface area contributed by atoms with Crippen LogP contribution >= 0.6 is 35.0 Å². The Kier molecular flexibility index (Phi) is 5.79. The molecule has 0 atom stereocenters. The van der Waals surface area contributed by atoms with Gasteiger partial charge in [0, 0.05) is 26.4 Å². The minimum absolute atomic E-state index is 0.294. The van der Waals surface area contributed by atoms with Crippen molar-refractivity contribution in [1.82, 2.24) is 18.7 Å². The topological polar surface area (TPSA) is 61.8 Å². The van der Waals surface area contributed by atoms with Crippen molar-refractivity contribution >= 4 is 46.1 Å². The number of thioether (sulfide) groups is 1. The Morgan fingerprint density at radius 1 is 1.15 bits per heavy atom. The van der Waals surface area contributed by atoms with E-state index < -0.39 is 0 Å². The van der Waals surface area contributed by atoms with Gasteiger partial charge in [-0.05, 0) is 29.9 Å². The van der Waals surface area contributed by atoms with Gasteiger partial charge in [0.1, 0.15) is 0 Å². The second kappa shape index (κ2) is 7.90. The number of halogens is 2. The van der Waals surface area contributed by atoms with Crippen molar-refractivity contribution in [3.05, 3.63) is 61.0 Å². The van der Waals surface area contributed by atoms with Crippen LogP contribution < -0.4 is 11.2 Å². The van der Waals surface area contributed by atoms with Gasteiger partial charge >= 0.3 is 5.69 Å². The molecule has 138 valence electrons. The maximum Gasteiger partial charge on any atom is 0.332 e. The Labute approximate surface area is 164 Å². The van der Waals surface area contributed by atoms with Crippen LogP contribution in [0, 0.1) is 0 Å². The van der Waals surface area contributed by atoms with Crippen molar-refractivity contribution < 1.29 is 0 Å². The predicted octanol–water partition coefficient (Wildman–Crippen LogP) is 3.06. The first-order valence-electron chi connectivity index (χ1n) is 8.02. The third-order valence-corrected chi connectivity index (χ3v) is 5.98. The molecule has 3 aromatic rings.